The molecule has 1 aliphatic rings. The lowest BCUT2D eigenvalue weighted by atomic mass is 10.2. The van der Waals surface area contributed by atoms with Crippen LogP contribution in [-0.4, -0.2) is 16.2 Å². The molecule has 0 spiro atoms. The van der Waals surface area contributed by atoms with E-state index >= 15 is 0 Å². The zero-order chi connectivity index (χ0) is 12.5. The molecular weight excluding hydrogens is 317 g/mol. The maximum atomic E-state index is 13.9. The van der Waals surface area contributed by atoms with Crippen LogP contribution >= 0.6 is 27.3 Å². The van der Waals surface area contributed by atoms with Crippen molar-refractivity contribution in [2.45, 2.75) is 25.4 Å². The lowest BCUT2D eigenvalue weighted by Gasteiger charge is -1.99. The van der Waals surface area contributed by atoms with Gasteiger partial charge in [-0.1, -0.05) is 17.4 Å². The van der Waals surface area contributed by atoms with Gasteiger partial charge in [-0.25, -0.2) is 4.39 Å². The molecule has 3 nitrogen and oxygen atoms in total. The van der Waals surface area contributed by atoms with E-state index in [9.17, 15) is 4.39 Å². The first-order valence-corrected chi connectivity index (χ1v) is 7.35. The zero-order valence-corrected chi connectivity index (χ0v) is 11.9. The number of halogens is 2. The summed E-state index contributed by atoms with van der Waals surface area (Å²) in [4.78, 5) is 0. The molecule has 0 saturated heterocycles. The number of nitrogens with one attached hydrogen (secondary N) is 1. The average Bonchev–Trinajstić information content (AvgIpc) is 3.08. The second-order valence-electron chi connectivity index (χ2n) is 4.26. The van der Waals surface area contributed by atoms with Crippen molar-refractivity contribution < 1.29 is 4.39 Å². The molecule has 1 heterocycles. The Morgan fingerprint density at radius 1 is 1.39 bits per heavy atom. The molecule has 18 heavy (non-hydrogen) atoms. The average molecular weight is 328 g/mol. The van der Waals surface area contributed by atoms with Crippen molar-refractivity contribution in [1.82, 2.24) is 15.5 Å². The fourth-order valence-corrected chi connectivity index (χ4v) is 2.80. The Kier molecular flexibility index (Phi) is 3.41. The maximum absolute atomic E-state index is 13.9. The lowest BCUT2D eigenvalue weighted by Crippen LogP contribution is -2.14. The van der Waals surface area contributed by atoms with Crippen LogP contribution in [0.4, 0.5) is 4.39 Å². The molecule has 2 aromatic rings. The predicted molar refractivity (Wildman–Crippen MR) is 72.9 cm³/mol. The van der Waals surface area contributed by atoms with Gasteiger partial charge in [0.1, 0.15) is 10.8 Å². The Balaban J connectivity index is 1.80. The van der Waals surface area contributed by atoms with Crippen LogP contribution in [0.25, 0.3) is 10.6 Å². The van der Waals surface area contributed by atoms with Crippen LogP contribution in [0.15, 0.2) is 22.7 Å². The molecule has 1 saturated carbocycles. The molecule has 6 heteroatoms. The van der Waals surface area contributed by atoms with Gasteiger partial charge in [0.25, 0.3) is 0 Å². The van der Waals surface area contributed by atoms with E-state index in [2.05, 4.69) is 31.4 Å². The van der Waals surface area contributed by atoms with Gasteiger partial charge in [-0.3, -0.25) is 0 Å². The van der Waals surface area contributed by atoms with E-state index in [-0.39, 0.29) is 5.82 Å². The number of benzene rings is 1. The summed E-state index contributed by atoms with van der Waals surface area (Å²) >= 11 is 4.61. The Morgan fingerprint density at radius 2 is 2.22 bits per heavy atom. The van der Waals surface area contributed by atoms with E-state index in [1.54, 1.807) is 18.2 Å². The van der Waals surface area contributed by atoms with Crippen molar-refractivity contribution in [1.29, 1.82) is 0 Å². The normalized spacial score (nSPS) is 15.0. The van der Waals surface area contributed by atoms with E-state index in [1.165, 1.54) is 24.2 Å². The first-order valence-electron chi connectivity index (χ1n) is 5.74. The van der Waals surface area contributed by atoms with Crippen molar-refractivity contribution in [3.63, 3.8) is 0 Å². The SMILES string of the molecule is Fc1c(Br)cccc1-c1nnc(CNC2CC2)s1. The smallest absolute Gasteiger partial charge is 0.150 e. The Morgan fingerprint density at radius 3 is 3.00 bits per heavy atom. The van der Waals surface area contributed by atoms with E-state index in [0.717, 1.165) is 11.6 Å². The summed E-state index contributed by atoms with van der Waals surface area (Å²) in [6.07, 6.45) is 2.48. The van der Waals surface area contributed by atoms with Crippen molar-refractivity contribution in [3.8, 4) is 10.6 Å². The number of hydrogen-bond donors (Lipinski definition) is 1. The lowest BCUT2D eigenvalue weighted by molar-refractivity contribution is 0.624. The summed E-state index contributed by atoms with van der Waals surface area (Å²) in [6.45, 7) is 0.720. The molecule has 3 rings (SSSR count). The highest BCUT2D eigenvalue weighted by molar-refractivity contribution is 9.10. The van der Waals surface area contributed by atoms with E-state index in [4.69, 9.17) is 0 Å². The second-order valence-corrected chi connectivity index (χ2v) is 6.17. The minimum atomic E-state index is -0.282. The van der Waals surface area contributed by atoms with Crippen LogP contribution in [0.2, 0.25) is 0 Å². The van der Waals surface area contributed by atoms with Gasteiger partial charge < -0.3 is 5.32 Å². The Labute approximate surface area is 117 Å². The van der Waals surface area contributed by atoms with E-state index < -0.39 is 0 Å². The molecule has 0 amide bonds. The van der Waals surface area contributed by atoms with Crippen LogP contribution in [0, 0.1) is 5.82 Å². The second kappa shape index (κ2) is 5.03. The monoisotopic (exact) mass is 327 g/mol. The molecule has 0 radical (unpaired) electrons. The van der Waals surface area contributed by atoms with Crippen molar-refractivity contribution in [3.05, 3.63) is 33.5 Å². The first kappa shape index (κ1) is 12.2. The molecule has 0 atom stereocenters. The van der Waals surface area contributed by atoms with Gasteiger partial charge in [-0.2, -0.15) is 0 Å². The van der Waals surface area contributed by atoms with Crippen molar-refractivity contribution >= 4 is 27.3 Å². The number of rotatable bonds is 4. The fourth-order valence-electron chi connectivity index (χ4n) is 1.62. The summed E-state index contributed by atoms with van der Waals surface area (Å²) in [5, 5.41) is 13.0. The van der Waals surface area contributed by atoms with Crippen LogP contribution in [0.5, 0.6) is 0 Å². The van der Waals surface area contributed by atoms with Crippen LogP contribution in [0.1, 0.15) is 17.8 Å². The van der Waals surface area contributed by atoms with Gasteiger partial charge in [-0.05, 0) is 40.9 Å². The van der Waals surface area contributed by atoms with Crippen LogP contribution < -0.4 is 5.32 Å². The maximum Gasteiger partial charge on any atom is 0.150 e. The van der Waals surface area contributed by atoms with Gasteiger partial charge >= 0.3 is 0 Å². The minimum Gasteiger partial charge on any atom is -0.308 e. The number of aromatic nitrogens is 2. The quantitative estimate of drug-likeness (QED) is 0.935. The molecule has 1 aliphatic carbocycles. The van der Waals surface area contributed by atoms with Crippen LogP contribution in [0.3, 0.4) is 0 Å². The number of hydrogen-bond acceptors (Lipinski definition) is 4. The summed E-state index contributed by atoms with van der Waals surface area (Å²) in [7, 11) is 0. The van der Waals surface area contributed by atoms with Gasteiger partial charge in [0, 0.05) is 18.2 Å². The zero-order valence-electron chi connectivity index (χ0n) is 9.49. The highest BCUT2D eigenvalue weighted by atomic mass is 79.9. The molecule has 1 aromatic heterocycles. The topological polar surface area (TPSA) is 37.8 Å². The highest BCUT2D eigenvalue weighted by Gasteiger charge is 2.21. The van der Waals surface area contributed by atoms with E-state index in [1.807, 2.05) is 0 Å². The molecule has 94 valence electrons. The molecule has 0 bridgehead atoms. The summed E-state index contributed by atoms with van der Waals surface area (Å²) < 4.78 is 14.3. The minimum absolute atomic E-state index is 0.282. The first-order chi connectivity index (χ1) is 8.74. The third-order valence-corrected chi connectivity index (χ3v) is 4.34. The summed E-state index contributed by atoms with van der Waals surface area (Å²) in [6, 6.07) is 5.83. The van der Waals surface area contributed by atoms with Gasteiger partial charge in [0.15, 0.2) is 5.01 Å². The molecule has 0 unspecified atom stereocenters. The highest BCUT2D eigenvalue weighted by Crippen LogP contribution is 2.30. The molecule has 1 N–H and O–H groups in total. The predicted octanol–water partition coefficient (Wildman–Crippen LogP) is 3.36. The van der Waals surface area contributed by atoms with Crippen molar-refractivity contribution in [2.75, 3.05) is 0 Å². The fraction of sp³-hybridized carbons (Fsp3) is 0.333. The largest absolute Gasteiger partial charge is 0.308 e. The molecule has 0 aliphatic heterocycles. The third kappa shape index (κ3) is 2.60. The summed E-state index contributed by atoms with van der Waals surface area (Å²) in [5.41, 5.74) is 0.500. The molecule has 1 aromatic carbocycles. The molecular formula is C12H11BrFN3S. The number of nitrogens with zero attached hydrogens (tertiary/aromatic N) is 2. The standard InChI is InChI=1S/C12H11BrFN3S/c13-9-3-1-2-8(11(9)14)12-17-16-10(18-12)6-15-7-4-5-7/h1-3,7,15H,4-6H2. The summed E-state index contributed by atoms with van der Waals surface area (Å²) in [5.74, 6) is -0.282. The third-order valence-electron chi connectivity index (χ3n) is 2.77. The van der Waals surface area contributed by atoms with Gasteiger partial charge in [-0.15, -0.1) is 10.2 Å². The Hall–Kier alpha value is -0.850. The van der Waals surface area contributed by atoms with E-state index in [0.29, 0.717) is 21.1 Å². The van der Waals surface area contributed by atoms with Gasteiger partial charge in [0.2, 0.25) is 0 Å². The van der Waals surface area contributed by atoms with Crippen LogP contribution in [-0.2, 0) is 6.54 Å². The van der Waals surface area contributed by atoms with Crippen molar-refractivity contribution in [2.24, 2.45) is 0 Å². The molecule has 1 fully saturated rings. The Bertz CT molecular complexity index is 568. The van der Waals surface area contributed by atoms with Gasteiger partial charge in [0.05, 0.1) is 4.47 Å².